The average molecular weight is 409 g/mol. The summed E-state index contributed by atoms with van der Waals surface area (Å²) in [5, 5.41) is 0.524. The molecule has 112 valence electrons. The van der Waals surface area contributed by atoms with Gasteiger partial charge < -0.3 is 10.6 Å². The van der Waals surface area contributed by atoms with Crippen LogP contribution in [0.15, 0.2) is 23.3 Å². The average Bonchev–Trinajstić information content (AvgIpc) is 2.70. The molecule has 2 rings (SSSR count). The predicted molar refractivity (Wildman–Crippen MR) is 94.9 cm³/mol. The molecule has 0 spiro atoms. The van der Waals surface area contributed by atoms with Crippen LogP contribution in [0.2, 0.25) is 5.15 Å². The van der Waals surface area contributed by atoms with Crippen molar-refractivity contribution in [1.82, 2.24) is 9.88 Å². The summed E-state index contributed by atoms with van der Waals surface area (Å²) in [6, 6.07) is 3.78. The van der Waals surface area contributed by atoms with Crippen molar-refractivity contribution < 1.29 is 0 Å². The molecule has 0 aromatic carbocycles. The van der Waals surface area contributed by atoms with Crippen molar-refractivity contribution >= 4 is 41.5 Å². The number of hydrogen-bond donors (Lipinski definition) is 1. The molecule has 1 fully saturated rings. The number of hydrogen-bond acceptors (Lipinski definition) is 2. The minimum absolute atomic E-state index is 0. The van der Waals surface area contributed by atoms with E-state index in [0.717, 1.165) is 25.1 Å². The van der Waals surface area contributed by atoms with Crippen LogP contribution in [0.1, 0.15) is 31.2 Å². The molecule has 2 N–H and O–H groups in total. The lowest BCUT2D eigenvalue weighted by molar-refractivity contribution is 0.428. The highest BCUT2D eigenvalue weighted by molar-refractivity contribution is 14.0. The van der Waals surface area contributed by atoms with Crippen molar-refractivity contribution in [2.24, 2.45) is 10.7 Å². The van der Waals surface area contributed by atoms with Gasteiger partial charge in [-0.15, -0.1) is 24.0 Å². The first kappa shape index (κ1) is 17.5. The summed E-state index contributed by atoms with van der Waals surface area (Å²) in [6.45, 7) is 2.78. The summed E-state index contributed by atoms with van der Waals surface area (Å²) in [6.07, 6.45) is 7.69. The first-order chi connectivity index (χ1) is 9.25. The standard InChI is InChI=1S/C14H21ClN4.HI/c15-13-6-5-12(11-18-13)7-8-17-14(16)19-9-3-1-2-4-10-19;/h5-6,11H,1-4,7-10H2,(H2,16,17);1H. The van der Waals surface area contributed by atoms with Crippen LogP contribution in [0.4, 0.5) is 0 Å². The van der Waals surface area contributed by atoms with E-state index in [1.807, 2.05) is 6.07 Å². The molecular formula is C14H22ClIN4. The van der Waals surface area contributed by atoms with Crippen molar-refractivity contribution in [3.63, 3.8) is 0 Å². The monoisotopic (exact) mass is 408 g/mol. The van der Waals surface area contributed by atoms with E-state index in [2.05, 4.69) is 14.9 Å². The topological polar surface area (TPSA) is 54.5 Å². The number of aliphatic imine (C=N–C) groups is 1. The van der Waals surface area contributed by atoms with Crippen LogP contribution in [-0.2, 0) is 6.42 Å². The number of halogens is 2. The SMILES string of the molecule is I.NC(=NCCc1ccc(Cl)nc1)N1CCCCCC1. The second-order valence-electron chi connectivity index (χ2n) is 4.88. The van der Waals surface area contributed by atoms with Gasteiger partial charge in [-0.05, 0) is 30.9 Å². The molecule has 0 aliphatic carbocycles. The van der Waals surface area contributed by atoms with Crippen LogP contribution in [0, 0.1) is 0 Å². The van der Waals surface area contributed by atoms with Crippen LogP contribution < -0.4 is 5.73 Å². The highest BCUT2D eigenvalue weighted by Gasteiger charge is 2.10. The summed E-state index contributed by atoms with van der Waals surface area (Å²) in [5.41, 5.74) is 7.18. The summed E-state index contributed by atoms with van der Waals surface area (Å²) in [4.78, 5) is 10.7. The van der Waals surface area contributed by atoms with Gasteiger partial charge in [-0.3, -0.25) is 4.99 Å². The first-order valence-corrected chi connectivity index (χ1v) is 7.29. The molecule has 0 radical (unpaired) electrons. The number of likely N-dealkylation sites (tertiary alicyclic amines) is 1. The van der Waals surface area contributed by atoms with E-state index in [0.29, 0.717) is 17.7 Å². The number of pyridine rings is 1. The van der Waals surface area contributed by atoms with Crippen molar-refractivity contribution in [1.29, 1.82) is 0 Å². The van der Waals surface area contributed by atoms with Crippen molar-refractivity contribution in [3.8, 4) is 0 Å². The number of nitrogens with zero attached hydrogens (tertiary/aromatic N) is 3. The molecule has 1 saturated heterocycles. The second-order valence-corrected chi connectivity index (χ2v) is 5.27. The molecule has 1 aromatic rings. The Labute approximate surface area is 142 Å². The van der Waals surface area contributed by atoms with Gasteiger partial charge in [0, 0.05) is 25.8 Å². The fraction of sp³-hybridized carbons (Fsp3) is 0.571. The van der Waals surface area contributed by atoms with Gasteiger partial charge in [0.2, 0.25) is 0 Å². The lowest BCUT2D eigenvalue weighted by atomic mass is 10.2. The molecule has 1 aliphatic rings. The fourth-order valence-electron chi connectivity index (χ4n) is 2.25. The van der Waals surface area contributed by atoms with Crippen LogP contribution in [0.3, 0.4) is 0 Å². The molecule has 0 amide bonds. The maximum Gasteiger partial charge on any atom is 0.191 e. The van der Waals surface area contributed by atoms with Gasteiger partial charge in [0.1, 0.15) is 5.15 Å². The van der Waals surface area contributed by atoms with Gasteiger partial charge in [-0.1, -0.05) is 30.5 Å². The van der Waals surface area contributed by atoms with E-state index >= 15 is 0 Å². The summed E-state index contributed by atoms with van der Waals surface area (Å²) in [5.74, 6) is 0.684. The first-order valence-electron chi connectivity index (χ1n) is 6.91. The maximum atomic E-state index is 6.05. The van der Waals surface area contributed by atoms with Gasteiger partial charge in [0.25, 0.3) is 0 Å². The molecule has 0 bridgehead atoms. The Morgan fingerprint density at radius 2 is 1.95 bits per heavy atom. The quantitative estimate of drug-likeness (QED) is 0.362. The molecular weight excluding hydrogens is 387 g/mol. The smallest absolute Gasteiger partial charge is 0.191 e. The largest absolute Gasteiger partial charge is 0.370 e. The van der Waals surface area contributed by atoms with Crippen molar-refractivity contribution in [3.05, 3.63) is 29.0 Å². The van der Waals surface area contributed by atoms with Gasteiger partial charge >= 0.3 is 0 Å². The molecule has 6 heteroatoms. The third-order valence-corrected chi connectivity index (χ3v) is 3.62. The molecule has 20 heavy (non-hydrogen) atoms. The zero-order valence-corrected chi connectivity index (χ0v) is 14.7. The molecule has 1 aromatic heterocycles. The Kier molecular flexibility index (Phi) is 8.21. The van der Waals surface area contributed by atoms with Gasteiger partial charge in [0.15, 0.2) is 5.96 Å². The number of nitrogens with two attached hydrogens (primary N) is 1. The summed E-state index contributed by atoms with van der Waals surface area (Å²) >= 11 is 5.75. The zero-order chi connectivity index (χ0) is 13.5. The Bertz CT molecular complexity index is 414. The van der Waals surface area contributed by atoms with E-state index in [1.54, 1.807) is 12.3 Å². The van der Waals surface area contributed by atoms with Crippen LogP contribution in [0.25, 0.3) is 0 Å². The van der Waals surface area contributed by atoms with Gasteiger partial charge in [-0.2, -0.15) is 0 Å². The van der Waals surface area contributed by atoms with Gasteiger partial charge in [0.05, 0.1) is 0 Å². The second kappa shape index (κ2) is 9.39. The Morgan fingerprint density at radius 1 is 1.25 bits per heavy atom. The van der Waals surface area contributed by atoms with Gasteiger partial charge in [-0.25, -0.2) is 4.98 Å². The molecule has 0 saturated carbocycles. The van der Waals surface area contributed by atoms with Crippen molar-refractivity contribution in [2.45, 2.75) is 32.1 Å². The normalized spacial score (nSPS) is 16.4. The van der Waals surface area contributed by atoms with Crippen molar-refractivity contribution in [2.75, 3.05) is 19.6 Å². The van der Waals surface area contributed by atoms with Crippen LogP contribution >= 0.6 is 35.6 Å². The Hall–Kier alpha value is -0.560. The highest BCUT2D eigenvalue weighted by Crippen LogP contribution is 2.09. The molecule has 4 nitrogen and oxygen atoms in total. The van der Waals surface area contributed by atoms with E-state index in [1.165, 1.54) is 25.7 Å². The number of rotatable bonds is 3. The lowest BCUT2D eigenvalue weighted by Crippen LogP contribution is -2.38. The Balaban J connectivity index is 0.00000200. The van der Waals surface area contributed by atoms with E-state index in [4.69, 9.17) is 17.3 Å². The Morgan fingerprint density at radius 3 is 2.55 bits per heavy atom. The van der Waals surface area contributed by atoms with E-state index in [-0.39, 0.29) is 24.0 Å². The molecule has 1 aliphatic heterocycles. The third-order valence-electron chi connectivity index (χ3n) is 3.39. The maximum absolute atomic E-state index is 6.05. The minimum atomic E-state index is 0. The highest BCUT2D eigenvalue weighted by atomic mass is 127. The number of guanidine groups is 1. The van der Waals surface area contributed by atoms with E-state index < -0.39 is 0 Å². The fourth-order valence-corrected chi connectivity index (χ4v) is 2.37. The minimum Gasteiger partial charge on any atom is -0.370 e. The lowest BCUT2D eigenvalue weighted by Gasteiger charge is -2.21. The molecule has 2 heterocycles. The van der Waals surface area contributed by atoms with Crippen LogP contribution in [0.5, 0.6) is 0 Å². The van der Waals surface area contributed by atoms with Crippen LogP contribution in [-0.4, -0.2) is 35.5 Å². The number of aromatic nitrogens is 1. The molecule has 0 atom stereocenters. The third kappa shape index (κ3) is 5.83. The predicted octanol–water partition coefficient (Wildman–Crippen LogP) is 3.09. The zero-order valence-electron chi connectivity index (χ0n) is 11.6. The summed E-state index contributed by atoms with van der Waals surface area (Å²) < 4.78 is 0. The summed E-state index contributed by atoms with van der Waals surface area (Å²) in [7, 11) is 0. The van der Waals surface area contributed by atoms with E-state index in [9.17, 15) is 0 Å². The molecule has 0 unspecified atom stereocenters.